The molecule has 0 saturated carbocycles. The molecule has 2 rings (SSSR count). The molecule has 1 aliphatic rings. The summed E-state index contributed by atoms with van der Waals surface area (Å²) in [5, 5.41) is 10.3. The molecule has 1 aromatic carbocycles. The molecule has 0 radical (unpaired) electrons. The smallest absolute Gasteiger partial charge is 0.123 e. The number of aliphatic hydroxyl groups excluding tert-OH is 1. The third-order valence-corrected chi connectivity index (χ3v) is 4.00. The fourth-order valence-corrected chi connectivity index (χ4v) is 2.68. The molecule has 1 aliphatic heterocycles. The van der Waals surface area contributed by atoms with E-state index in [1.165, 1.54) is 5.56 Å². The van der Waals surface area contributed by atoms with Gasteiger partial charge in [0.15, 0.2) is 0 Å². The van der Waals surface area contributed by atoms with Crippen LogP contribution >= 0.6 is 0 Å². The molecule has 3 nitrogen and oxygen atoms in total. The van der Waals surface area contributed by atoms with Crippen molar-refractivity contribution in [1.29, 1.82) is 0 Å². The Bertz CT molecular complexity index is 508. The number of allylic oxidation sites excluding steroid dienone is 1. The maximum atomic E-state index is 10.3. The maximum Gasteiger partial charge on any atom is 0.123 e. The zero-order valence-corrected chi connectivity index (χ0v) is 14.2. The number of rotatable bonds is 5. The minimum atomic E-state index is -0.414. The van der Waals surface area contributed by atoms with Crippen molar-refractivity contribution in [2.24, 2.45) is 11.8 Å². The van der Waals surface area contributed by atoms with E-state index in [2.05, 4.69) is 37.0 Å². The van der Waals surface area contributed by atoms with Crippen LogP contribution in [0.5, 0.6) is 5.75 Å². The van der Waals surface area contributed by atoms with E-state index in [0.717, 1.165) is 30.9 Å². The van der Waals surface area contributed by atoms with Crippen molar-refractivity contribution in [3.8, 4) is 5.75 Å². The lowest BCUT2D eigenvalue weighted by Gasteiger charge is -2.19. The summed E-state index contributed by atoms with van der Waals surface area (Å²) < 4.78 is 5.85. The van der Waals surface area contributed by atoms with Crippen molar-refractivity contribution in [3.63, 3.8) is 0 Å². The number of nitrogens with zero attached hydrogens (tertiary/aromatic N) is 1. The topological polar surface area (TPSA) is 32.7 Å². The standard InChI is InChI=1S/C19H29NO2/c1-14(2)6-5-9-20-10-11-22-18-8-7-16(12-17(18)13-20)19(21)15(3)4/h5-8,12,14-15,19,21H,9-11,13H2,1-4H3/b6-5+. The third-order valence-electron chi connectivity index (χ3n) is 4.00. The van der Waals surface area contributed by atoms with Gasteiger partial charge in [0.05, 0.1) is 6.10 Å². The molecule has 0 amide bonds. The van der Waals surface area contributed by atoms with Crippen molar-refractivity contribution in [1.82, 2.24) is 4.90 Å². The molecule has 1 N–H and O–H groups in total. The van der Waals surface area contributed by atoms with E-state index in [0.29, 0.717) is 12.5 Å². The lowest BCUT2D eigenvalue weighted by Crippen LogP contribution is -2.25. The van der Waals surface area contributed by atoms with E-state index in [-0.39, 0.29) is 5.92 Å². The first kappa shape index (κ1) is 17.0. The molecule has 1 unspecified atom stereocenters. The predicted molar refractivity (Wildman–Crippen MR) is 91.0 cm³/mol. The van der Waals surface area contributed by atoms with Crippen LogP contribution in [0.15, 0.2) is 30.4 Å². The van der Waals surface area contributed by atoms with Gasteiger partial charge >= 0.3 is 0 Å². The minimum Gasteiger partial charge on any atom is -0.492 e. The number of hydrogen-bond acceptors (Lipinski definition) is 3. The van der Waals surface area contributed by atoms with Gasteiger partial charge in [-0.2, -0.15) is 0 Å². The fourth-order valence-electron chi connectivity index (χ4n) is 2.68. The molecule has 3 heteroatoms. The molecule has 1 aromatic rings. The van der Waals surface area contributed by atoms with Gasteiger partial charge in [0.25, 0.3) is 0 Å². The van der Waals surface area contributed by atoms with Gasteiger partial charge in [-0.3, -0.25) is 4.90 Å². The zero-order chi connectivity index (χ0) is 16.1. The van der Waals surface area contributed by atoms with Crippen molar-refractivity contribution >= 4 is 0 Å². The Labute approximate surface area is 134 Å². The quantitative estimate of drug-likeness (QED) is 0.840. The van der Waals surface area contributed by atoms with Crippen molar-refractivity contribution in [3.05, 3.63) is 41.5 Å². The zero-order valence-electron chi connectivity index (χ0n) is 14.2. The Morgan fingerprint density at radius 3 is 2.73 bits per heavy atom. The SMILES string of the molecule is CC(C)/C=C/CN1CCOc2ccc(C(O)C(C)C)cc2C1. The average molecular weight is 303 g/mol. The average Bonchev–Trinajstić information content (AvgIpc) is 2.66. The Morgan fingerprint density at radius 1 is 1.27 bits per heavy atom. The van der Waals surface area contributed by atoms with Gasteiger partial charge in [0, 0.05) is 25.2 Å². The van der Waals surface area contributed by atoms with Crippen molar-refractivity contribution < 1.29 is 9.84 Å². The minimum absolute atomic E-state index is 0.217. The highest BCUT2D eigenvalue weighted by Gasteiger charge is 2.18. The first-order valence-corrected chi connectivity index (χ1v) is 8.30. The van der Waals surface area contributed by atoms with Crippen LogP contribution in [0, 0.1) is 11.8 Å². The molecule has 22 heavy (non-hydrogen) atoms. The Morgan fingerprint density at radius 2 is 2.05 bits per heavy atom. The van der Waals surface area contributed by atoms with E-state index in [9.17, 15) is 5.11 Å². The molecule has 1 heterocycles. The molecule has 0 spiro atoms. The second-order valence-electron chi connectivity index (χ2n) is 6.81. The van der Waals surface area contributed by atoms with Crippen LogP contribution < -0.4 is 4.74 Å². The summed E-state index contributed by atoms with van der Waals surface area (Å²) in [5.74, 6) is 1.76. The lowest BCUT2D eigenvalue weighted by atomic mass is 9.97. The van der Waals surface area contributed by atoms with Gasteiger partial charge in [0.2, 0.25) is 0 Å². The summed E-state index contributed by atoms with van der Waals surface area (Å²) in [4.78, 5) is 2.39. The second-order valence-corrected chi connectivity index (χ2v) is 6.81. The monoisotopic (exact) mass is 303 g/mol. The van der Waals surface area contributed by atoms with Crippen LogP contribution in [0.4, 0.5) is 0 Å². The molecule has 122 valence electrons. The molecule has 0 aromatic heterocycles. The summed E-state index contributed by atoms with van der Waals surface area (Å²) in [7, 11) is 0. The van der Waals surface area contributed by atoms with Crippen LogP contribution in [0.3, 0.4) is 0 Å². The Kier molecular flexibility index (Phi) is 6.04. The largest absolute Gasteiger partial charge is 0.492 e. The van der Waals surface area contributed by atoms with Crippen LogP contribution in [0.25, 0.3) is 0 Å². The van der Waals surface area contributed by atoms with Crippen LogP contribution in [-0.4, -0.2) is 29.7 Å². The number of ether oxygens (including phenoxy) is 1. The summed E-state index contributed by atoms with van der Waals surface area (Å²) in [5.41, 5.74) is 2.16. The fraction of sp³-hybridized carbons (Fsp3) is 0.579. The second kappa shape index (κ2) is 7.80. The predicted octanol–water partition coefficient (Wildman–Crippen LogP) is 3.78. The number of hydrogen-bond donors (Lipinski definition) is 1. The van der Waals surface area contributed by atoms with Crippen LogP contribution in [0.1, 0.15) is 44.9 Å². The highest BCUT2D eigenvalue weighted by Crippen LogP contribution is 2.29. The highest BCUT2D eigenvalue weighted by molar-refractivity contribution is 5.38. The van der Waals surface area contributed by atoms with E-state index >= 15 is 0 Å². The molecular formula is C19H29NO2. The van der Waals surface area contributed by atoms with Gasteiger partial charge in [-0.25, -0.2) is 0 Å². The molecule has 1 atom stereocenters. The lowest BCUT2D eigenvalue weighted by molar-refractivity contribution is 0.126. The van der Waals surface area contributed by atoms with Gasteiger partial charge in [-0.15, -0.1) is 0 Å². The Hall–Kier alpha value is -1.32. The summed E-state index contributed by atoms with van der Waals surface area (Å²) in [6.07, 6.45) is 4.07. The summed E-state index contributed by atoms with van der Waals surface area (Å²) in [6.45, 7) is 11.9. The van der Waals surface area contributed by atoms with E-state index in [1.807, 2.05) is 26.0 Å². The van der Waals surface area contributed by atoms with Crippen LogP contribution in [-0.2, 0) is 6.54 Å². The Balaban J connectivity index is 2.12. The summed E-state index contributed by atoms with van der Waals surface area (Å²) in [6, 6.07) is 6.09. The third kappa shape index (κ3) is 4.59. The van der Waals surface area contributed by atoms with E-state index < -0.39 is 6.10 Å². The van der Waals surface area contributed by atoms with E-state index in [4.69, 9.17) is 4.74 Å². The normalized spacial score (nSPS) is 17.6. The first-order chi connectivity index (χ1) is 10.5. The van der Waals surface area contributed by atoms with Crippen molar-refractivity contribution in [2.45, 2.75) is 40.3 Å². The van der Waals surface area contributed by atoms with Gasteiger partial charge in [-0.1, -0.05) is 45.9 Å². The molecular weight excluding hydrogens is 274 g/mol. The van der Waals surface area contributed by atoms with E-state index in [1.54, 1.807) is 0 Å². The number of fused-ring (bicyclic) bond motifs is 1. The van der Waals surface area contributed by atoms with Gasteiger partial charge < -0.3 is 9.84 Å². The highest BCUT2D eigenvalue weighted by atomic mass is 16.5. The molecule has 0 saturated heterocycles. The first-order valence-electron chi connectivity index (χ1n) is 8.30. The number of aliphatic hydroxyl groups is 1. The van der Waals surface area contributed by atoms with Gasteiger partial charge in [0.1, 0.15) is 12.4 Å². The molecule has 0 bridgehead atoms. The van der Waals surface area contributed by atoms with Crippen molar-refractivity contribution in [2.75, 3.05) is 19.7 Å². The number of benzene rings is 1. The maximum absolute atomic E-state index is 10.3. The van der Waals surface area contributed by atoms with Crippen LogP contribution in [0.2, 0.25) is 0 Å². The molecule has 0 fully saturated rings. The molecule has 0 aliphatic carbocycles. The van der Waals surface area contributed by atoms with Gasteiger partial charge in [-0.05, 0) is 29.5 Å². The summed E-state index contributed by atoms with van der Waals surface area (Å²) >= 11 is 0.